The van der Waals surface area contributed by atoms with Crippen LogP contribution in [0.25, 0.3) is 0 Å². The Hall–Kier alpha value is -0.0600. The summed E-state index contributed by atoms with van der Waals surface area (Å²) in [7, 11) is 0. The number of nitrogens with zero attached hydrogens (tertiary/aromatic N) is 1. The summed E-state index contributed by atoms with van der Waals surface area (Å²) < 4.78 is 0. The number of aromatic nitrogens is 1. The van der Waals surface area contributed by atoms with Crippen LogP contribution in [0, 0.1) is 0 Å². The van der Waals surface area contributed by atoms with Crippen LogP contribution in [0.4, 0.5) is 0 Å². The smallest absolute Gasteiger partial charge is 0.0950 e. The molecule has 0 aliphatic heterocycles. The Morgan fingerprint density at radius 3 is 3.15 bits per heavy atom. The number of aliphatic hydroxyl groups is 1. The second kappa shape index (κ2) is 6.40. The second-order valence-electron chi connectivity index (χ2n) is 2.92. The lowest BCUT2D eigenvalue weighted by Crippen LogP contribution is -2.10. The fraction of sp³-hybridized carbons (Fsp3) is 0.667. The third-order valence-electron chi connectivity index (χ3n) is 1.78. The van der Waals surface area contributed by atoms with Crippen LogP contribution in [0.1, 0.15) is 17.8 Å². The zero-order valence-electron chi connectivity index (χ0n) is 7.77. The molecule has 13 heavy (non-hydrogen) atoms. The minimum Gasteiger partial charge on any atom is -0.393 e. The number of thiazole rings is 1. The van der Waals surface area contributed by atoms with Gasteiger partial charge >= 0.3 is 0 Å². The van der Waals surface area contributed by atoms with Gasteiger partial charge in [0.05, 0.1) is 11.1 Å². The summed E-state index contributed by atoms with van der Waals surface area (Å²) in [6.07, 6.45) is 6.36. The predicted octanol–water partition coefficient (Wildman–Crippen LogP) is 2.19. The highest BCUT2D eigenvalue weighted by Crippen LogP contribution is 2.11. The number of aliphatic hydroxyl groups excluding tert-OH is 1. The average molecular weight is 217 g/mol. The normalized spacial score (nSPS) is 13.1. The molecule has 0 radical (unpaired) electrons. The van der Waals surface area contributed by atoms with Crippen molar-refractivity contribution in [2.75, 3.05) is 12.0 Å². The van der Waals surface area contributed by atoms with E-state index >= 15 is 0 Å². The summed E-state index contributed by atoms with van der Waals surface area (Å²) >= 11 is 3.44. The predicted molar refractivity (Wildman–Crippen MR) is 59.4 cm³/mol. The monoisotopic (exact) mass is 217 g/mol. The topological polar surface area (TPSA) is 33.1 Å². The molecular weight excluding hydrogens is 202 g/mol. The van der Waals surface area contributed by atoms with Crippen molar-refractivity contribution in [3.8, 4) is 0 Å². The molecule has 1 N–H and O–H groups in total. The van der Waals surface area contributed by atoms with Crippen molar-refractivity contribution in [2.24, 2.45) is 0 Å². The first-order valence-corrected chi connectivity index (χ1v) is 6.65. The van der Waals surface area contributed by atoms with Crippen LogP contribution in [0.3, 0.4) is 0 Å². The molecule has 0 saturated carbocycles. The Bertz CT molecular complexity index is 213. The van der Waals surface area contributed by atoms with Gasteiger partial charge in [0.25, 0.3) is 0 Å². The van der Waals surface area contributed by atoms with Crippen molar-refractivity contribution >= 4 is 23.1 Å². The van der Waals surface area contributed by atoms with Crippen molar-refractivity contribution in [1.82, 2.24) is 4.98 Å². The second-order valence-corrected chi connectivity index (χ2v) is 4.88. The maximum absolute atomic E-state index is 9.61. The zero-order valence-corrected chi connectivity index (χ0v) is 9.40. The number of hydrogen-bond acceptors (Lipinski definition) is 4. The van der Waals surface area contributed by atoms with Gasteiger partial charge in [-0.2, -0.15) is 11.8 Å². The first kappa shape index (κ1) is 11.0. The standard InChI is InChI=1S/C9H15NOS2/c1-12-5-2-3-8(11)7-9-10-4-6-13-9/h4,6,8,11H,2-3,5,7H2,1H3. The van der Waals surface area contributed by atoms with Crippen LogP contribution < -0.4 is 0 Å². The molecule has 1 rings (SSSR count). The Balaban J connectivity index is 2.14. The molecular formula is C9H15NOS2. The van der Waals surface area contributed by atoms with E-state index in [1.165, 1.54) is 0 Å². The first-order valence-electron chi connectivity index (χ1n) is 4.38. The summed E-state index contributed by atoms with van der Waals surface area (Å²) in [5, 5.41) is 12.6. The van der Waals surface area contributed by atoms with Crippen molar-refractivity contribution in [3.63, 3.8) is 0 Å². The van der Waals surface area contributed by atoms with Gasteiger partial charge in [0.2, 0.25) is 0 Å². The third kappa shape index (κ3) is 4.64. The lowest BCUT2D eigenvalue weighted by Gasteiger charge is -2.07. The molecule has 0 aliphatic rings. The average Bonchev–Trinajstić information content (AvgIpc) is 2.57. The lowest BCUT2D eigenvalue weighted by atomic mass is 10.1. The van der Waals surface area contributed by atoms with Crippen LogP contribution >= 0.6 is 23.1 Å². The highest BCUT2D eigenvalue weighted by atomic mass is 32.2. The minimum absolute atomic E-state index is 0.210. The van der Waals surface area contributed by atoms with E-state index in [1.807, 2.05) is 17.1 Å². The Labute approximate surface area is 87.4 Å². The maximum Gasteiger partial charge on any atom is 0.0950 e. The van der Waals surface area contributed by atoms with Crippen molar-refractivity contribution in [3.05, 3.63) is 16.6 Å². The molecule has 0 saturated heterocycles. The van der Waals surface area contributed by atoms with E-state index < -0.39 is 0 Å². The molecule has 4 heteroatoms. The van der Waals surface area contributed by atoms with E-state index in [9.17, 15) is 5.11 Å². The summed E-state index contributed by atoms with van der Waals surface area (Å²) in [6, 6.07) is 0. The lowest BCUT2D eigenvalue weighted by molar-refractivity contribution is 0.164. The molecule has 1 aromatic heterocycles. The minimum atomic E-state index is -0.210. The molecule has 1 heterocycles. The molecule has 0 amide bonds. The van der Waals surface area contributed by atoms with Gasteiger partial charge < -0.3 is 5.11 Å². The van der Waals surface area contributed by atoms with Crippen molar-refractivity contribution in [2.45, 2.75) is 25.4 Å². The van der Waals surface area contributed by atoms with E-state index in [1.54, 1.807) is 17.5 Å². The summed E-state index contributed by atoms with van der Waals surface area (Å²) in [4.78, 5) is 4.14. The molecule has 0 bridgehead atoms. The van der Waals surface area contributed by atoms with Gasteiger partial charge in [0.15, 0.2) is 0 Å². The van der Waals surface area contributed by atoms with E-state index in [4.69, 9.17) is 0 Å². The van der Waals surface area contributed by atoms with Crippen LogP contribution in [-0.2, 0) is 6.42 Å². The van der Waals surface area contributed by atoms with E-state index in [-0.39, 0.29) is 6.10 Å². The number of rotatable bonds is 6. The fourth-order valence-corrected chi connectivity index (χ4v) is 2.27. The van der Waals surface area contributed by atoms with Gasteiger partial charge in [0.1, 0.15) is 0 Å². The SMILES string of the molecule is CSCCCC(O)Cc1nccs1. The van der Waals surface area contributed by atoms with E-state index in [0.29, 0.717) is 6.42 Å². The maximum atomic E-state index is 9.61. The zero-order chi connectivity index (χ0) is 9.52. The van der Waals surface area contributed by atoms with E-state index in [2.05, 4.69) is 11.2 Å². The van der Waals surface area contributed by atoms with Gasteiger partial charge in [-0.25, -0.2) is 4.98 Å². The van der Waals surface area contributed by atoms with Gasteiger partial charge in [-0.3, -0.25) is 0 Å². The van der Waals surface area contributed by atoms with Crippen LogP contribution in [0.2, 0.25) is 0 Å². The summed E-state index contributed by atoms with van der Waals surface area (Å²) in [6.45, 7) is 0. The highest BCUT2D eigenvalue weighted by molar-refractivity contribution is 7.98. The molecule has 0 spiro atoms. The third-order valence-corrected chi connectivity index (χ3v) is 3.28. The molecule has 74 valence electrons. The van der Waals surface area contributed by atoms with Gasteiger partial charge in [0, 0.05) is 18.0 Å². The Kier molecular flexibility index (Phi) is 5.43. The first-order chi connectivity index (χ1) is 6.33. The Morgan fingerprint density at radius 1 is 1.69 bits per heavy atom. The largest absolute Gasteiger partial charge is 0.393 e. The number of hydrogen-bond donors (Lipinski definition) is 1. The molecule has 1 unspecified atom stereocenters. The van der Waals surface area contributed by atoms with Gasteiger partial charge in [-0.1, -0.05) is 0 Å². The quantitative estimate of drug-likeness (QED) is 0.742. The molecule has 0 aliphatic carbocycles. The summed E-state index contributed by atoms with van der Waals surface area (Å²) in [5.41, 5.74) is 0. The van der Waals surface area contributed by atoms with Crippen LogP contribution in [0.15, 0.2) is 11.6 Å². The molecule has 1 atom stereocenters. The van der Waals surface area contributed by atoms with Crippen LogP contribution in [0.5, 0.6) is 0 Å². The molecule has 2 nitrogen and oxygen atoms in total. The van der Waals surface area contributed by atoms with Gasteiger partial charge in [-0.15, -0.1) is 11.3 Å². The number of thioether (sulfide) groups is 1. The van der Waals surface area contributed by atoms with Gasteiger partial charge in [-0.05, 0) is 24.9 Å². The Morgan fingerprint density at radius 2 is 2.54 bits per heavy atom. The molecule has 0 aromatic carbocycles. The van der Waals surface area contributed by atoms with Crippen LogP contribution in [-0.4, -0.2) is 28.2 Å². The van der Waals surface area contributed by atoms with Crippen molar-refractivity contribution in [1.29, 1.82) is 0 Å². The summed E-state index contributed by atoms with van der Waals surface area (Å²) in [5.74, 6) is 1.13. The van der Waals surface area contributed by atoms with Crippen molar-refractivity contribution < 1.29 is 5.11 Å². The highest BCUT2D eigenvalue weighted by Gasteiger charge is 2.06. The van der Waals surface area contributed by atoms with E-state index in [0.717, 1.165) is 23.6 Å². The molecule has 1 aromatic rings. The molecule has 0 fully saturated rings. The fourth-order valence-electron chi connectivity index (χ4n) is 1.12.